The SMILES string of the molecule is CCn1cc(Nc2nc(S[C@@H]3CCCN(C(=O)/C(C#N)=C/C4CC4)C3)c3c(Cl)c[nH]c3n2)cn1. The van der Waals surface area contributed by atoms with E-state index in [1.807, 2.05) is 23.9 Å². The molecular formula is C23H25ClN8OS. The predicted molar refractivity (Wildman–Crippen MR) is 132 cm³/mol. The van der Waals surface area contributed by atoms with Crippen LogP contribution in [0, 0.1) is 17.2 Å². The topological polar surface area (TPSA) is 116 Å². The number of carbonyl (C=O) groups excluding carboxylic acids is 1. The summed E-state index contributed by atoms with van der Waals surface area (Å²) in [6.07, 6.45) is 11.1. The first-order chi connectivity index (χ1) is 16.5. The first-order valence-corrected chi connectivity index (χ1v) is 12.7. The zero-order chi connectivity index (χ0) is 23.7. The van der Waals surface area contributed by atoms with E-state index < -0.39 is 0 Å². The summed E-state index contributed by atoms with van der Waals surface area (Å²) < 4.78 is 1.82. The summed E-state index contributed by atoms with van der Waals surface area (Å²) in [5.74, 6) is 0.670. The minimum atomic E-state index is -0.164. The summed E-state index contributed by atoms with van der Waals surface area (Å²) >= 11 is 8.06. The molecule has 5 rings (SSSR count). The largest absolute Gasteiger partial charge is 0.344 e. The van der Waals surface area contributed by atoms with Crippen LogP contribution < -0.4 is 5.32 Å². The molecule has 0 radical (unpaired) electrons. The second kappa shape index (κ2) is 9.68. The molecule has 4 heterocycles. The molecule has 2 aliphatic rings. The number of nitrogens with zero attached hydrogens (tertiary/aromatic N) is 6. The minimum absolute atomic E-state index is 0.137. The number of rotatable bonds is 7. The van der Waals surface area contributed by atoms with Gasteiger partial charge in [-0.3, -0.25) is 9.48 Å². The van der Waals surface area contributed by atoms with Crippen LogP contribution >= 0.6 is 23.4 Å². The Labute approximate surface area is 206 Å². The van der Waals surface area contributed by atoms with Crippen molar-refractivity contribution in [2.75, 3.05) is 18.4 Å². The highest BCUT2D eigenvalue weighted by Gasteiger charge is 2.29. The van der Waals surface area contributed by atoms with Crippen LogP contribution in [0.4, 0.5) is 11.6 Å². The van der Waals surface area contributed by atoms with Crippen LogP contribution in [-0.2, 0) is 11.3 Å². The molecule has 9 nitrogen and oxygen atoms in total. The molecule has 3 aromatic heterocycles. The van der Waals surface area contributed by atoms with Crippen LogP contribution in [0.2, 0.25) is 5.02 Å². The average Bonchev–Trinajstić information content (AvgIpc) is 3.43. The lowest BCUT2D eigenvalue weighted by molar-refractivity contribution is -0.127. The number of aromatic nitrogens is 5. The van der Waals surface area contributed by atoms with Crippen LogP contribution in [0.3, 0.4) is 0 Å². The van der Waals surface area contributed by atoms with Crippen LogP contribution in [0.15, 0.2) is 35.3 Å². The molecule has 34 heavy (non-hydrogen) atoms. The number of anilines is 2. The number of fused-ring (bicyclic) bond motifs is 1. The average molecular weight is 497 g/mol. The van der Waals surface area contributed by atoms with Crippen LogP contribution in [-0.4, -0.2) is 53.9 Å². The van der Waals surface area contributed by atoms with E-state index in [9.17, 15) is 10.1 Å². The van der Waals surface area contributed by atoms with Gasteiger partial charge >= 0.3 is 0 Å². The molecule has 2 fully saturated rings. The maximum atomic E-state index is 13.0. The number of carbonyl (C=O) groups is 1. The lowest BCUT2D eigenvalue weighted by Crippen LogP contribution is -2.41. The lowest BCUT2D eigenvalue weighted by atomic mass is 10.1. The van der Waals surface area contributed by atoms with Crippen LogP contribution in [0.5, 0.6) is 0 Å². The molecule has 3 aromatic rings. The fourth-order valence-electron chi connectivity index (χ4n) is 4.04. The number of thioether (sulfide) groups is 1. The Morgan fingerprint density at radius 1 is 1.41 bits per heavy atom. The Hall–Kier alpha value is -3.03. The van der Waals surface area contributed by atoms with E-state index in [1.54, 1.807) is 29.1 Å². The normalized spacial score (nSPS) is 18.8. The van der Waals surface area contributed by atoms with Crippen molar-refractivity contribution in [2.45, 2.75) is 49.4 Å². The molecule has 0 spiro atoms. The van der Waals surface area contributed by atoms with Crippen molar-refractivity contribution in [1.82, 2.24) is 29.6 Å². The number of hydrogen-bond acceptors (Lipinski definition) is 7. The second-order valence-corrected chi connectivity index (χ2v) is 10.3. The summed E-state index contributed by atoms with van der Waals surface area (Å²) in [6, 6.07) is 2.11. The van der Waals surface area contributed by atoms with Gasteiger partial charge in [-0.25, -0.2) is 4.98 Å². The van der Waals surface area contributed by atoms with Gasteiger partial charge in [0.25, 0.3) is 5.91 Å². The van der Waals surface area contributed by atoms with E-state index in [1.165, 1.54) is 0 Å². The Bertz CT molecular complexity index is 1290. The minimum Gasteiger partial charge on any atom is -0.344 e. The smallest absolute Gasteiger partial charge is 0.264 e. The molecule has 0 unspecified atom stereocenters. The van der Waals surface area contributed by atoms with Gasteiger partial charge in [-0.15, -0.1) is 11.8 Å². The van der Waals surface area contributed by atoms with Gasteiger partial charge in [-0.2, -0.15) is 15.3 Å². The van der Waals surface area contributed by atoms with Crippen LogP contribution in [0.25, 0.3) is 11.0 Å². The Morgan fingerprint density at radius 2 is 2.26 bits per heavy atom. The molecule has 0 bridgehead atoms. The Kier molecular flexibility index (Phi) is 6.48. The van der Waals surface area contributed by atoms with Gasteiger partial charge in [0, 0.05) is 37.3 Å². The number of aryl methyl sites for hydroxylation is 1. The molecule has 1 saturated carbocycles. The number of amides is 1. The van der Waals surface area contributed by atoms with Gasteiger partial charge in [0.2, 0.25) is 5.95 Å². The van der Waals surface area contributed by atoms with E-state index >= 15 is 0 Å². The Balaban J connectivity index is 1.36. The van der Waals surface area contributed by atoms with Crippen molar-refractivity contribution in [3.05, 3.63) is 35.3 Å². The van der Waals surface area contributed by atoms with Crippen molar-refractivity contribution >= 4 is 51.9 Å². The fraction of sp³-hybridized carbons (Fsp3) is 0.435. The van der Waals surface area contributed by atoms with Gasteiger partial charge in [0.15, 0.2) is 0 Å². The molecule has 1 saturated heterocycles. The van der Waals surface area contributed by atoms with E-state index in [4.69, 9.17) is 16.6 Å². The highest BCUT2D eigenvalue weighted by molar-refractivity contribution is 8.00. The number of aromatic amines is 1. The lowest BCUT2D eigenvalue weighted by Gasteiger charge is -2.32. The van der Waals surface area contributed by atoms with Crippen molar-refractivity contribution in [1.29, 1.82) is 5.26 Å². The summed E-state index contributed by atoms with van der Waals surface area (Å²) in [7, 11) is 0. The highest BCUT2D eigenvalue weighted by atomic mass is 35.5. The van der Waals surface area contributed by atoms with Gasteiger partial charge in [0.05, 0.1) is 22.3 Å². The molecular weight excluding hydrogens is 472 g/mol. The molecule has 1 aliphatic carbocycles. The molecule has 11 heteroatoms. The highest BCUT2D eigenvalue weighted by Crippen LogP contribution is 2.37. The number of hydrogen-bond donors (Lipinski definition) is 2. The van der Waals surface area contributed by atoms with E-state index in [-0.39, 0.29) is 16.7 Å². The standard InChI is InChI=1S/C23H25ClN8OS/c1-2-32-12-16(10-27-32)28-23-29-20-19(18(24)11-26-20)21(30-23)34-17-4-3-7-31(13-17)22(33)15(9-25)8-14-5-6-14/h8,10-12,14,17H,2-7,13H2,1H3,(H2,26,28,29,30)/b15-8+/t17-/m1/s1. The number of likely N-dealkylation sites (tertiary alicyclic amines) is 1. The maximum Gasteiger partial charge on any atom is 0.264 e. The molecule has 1 aliphatic heterocycles. The van der Waals surface area contributed by atoms with E-state index in [2.05, 4.69) is 26.5 Å². The summed E-state index contributed by atoms with van der Waals surface area (Å²) in [6.45, 7) is 4.02. The maximum absolute atomic E-state index is 13.0. The number of allylic oxidation sites excluding steroid dienone is 1. The third kappa shape index (κ3) is 4.91. The number of H-pyrrole nitrogens is 1. The Morgan fingerprint density at radius 3 is 3.00 bits per heavy atom. The van der Waals surface area contributed by atoms with Crippen molar-refractivity contribution in [3.8, 4) is 6.07 Å². The van der Waals surface area contributed by atoms with Crippen molar-refractivity contribution < 1.29 is 4.79 Å². The first-order valence-electron chi connectivity index (χ1n) is 11.5. The van der Waals surface area contributed by atoms with E-state index in [0.717, 1.165) is 48.3 Å². The number of nitrogens with one attached hydrogen (secondary N) is 2. The number of halogens is 1. The molecule has 1 atom stereocenters. The van der Waals surface area contributed by atoms with Crippen molar-refractivity contribution in [2.24, 2.45) is 5.92 Å². The molecule has 1 amide bonds. The van der Waals surface area contributed by atoms with Gasteiger partial charge < -0.3 is 15.2 Å². The van der Waals surface area contributed by atoms with Gasteiger partial charge in [0.1, 0.15) is 22.3 Å². The van der Waals surface area contributed by atoms with Gasteiger partial charge in [-0.1, -0.05) is 17.7 Å². The predicted octanol–water partition coefficient (Wildman–Crippen LogP) is 4.51. The third-order valence-corrected chi connectivity index (χ3v) is 7.52. The quantitative estimate of drug-likeness (QED) is 0.281. The third-order valence-electron chi connectivity index (χ3n) is 5.98. The zero-order valence-corrected chi connectivity index (χ0v) is 20.4. The van der Waals surface area contributed by atoms with E-state index in [0.29, 0.717) is 35.6 Å². The molecule has 2 N–H and O–H groups in total. The second-order valence-electron chi connectivity index (χ2n) is 8.59. The zero-order valence-electron chi connectivity index (χ0n) is 18.8. The summed E-state index contributed by atoms with van der Waals surface area (Å²) in [5.41, 5.74) is 1.72. The molecule has 176 valence electrons. The monoisotopic (exact) mass is 496 g/mol. The van der Waals surface area contributed by atoms with Gasteiger partial charge in [-0.05, 0) is 38.5 Å². The number of piperidine rings is 1. The molecule has 0 aromatic carbocycles. The number of nitriles is 1. The first kappa shape index (κ1) is 22.7. The van der Waals surface area contributed by atoms with Crippen molar-refractivity contribution in [3.63, 3.8) is 0 Å². The fourth-order valence-corrected chi connectivity index (χ4v) is 5.65. The van der Waals surface area contributed by atoms with Crippen LogP contribution in [0.1, 0.15) is 32.6 Å². The summed E-state index contributed by atoms with van der Waals surface area (Å²) in [4.78, 5) is 27.2. The summed E-state index contributed by atoms with van der Waals surface area (Å²) in [5, 5.41) is 19.2.